The van der Waals surface area contributed by atoms with E-state index < -0.39 is 0 Å². The summed E-state index contributed by atoms with van der Waals surface area (Å²) in [6.07, 6.45) is 4.91. The van der Waals surface area contributed by atoms with Gasteiger partial charge in [0.15, 0.2) is 12.4 Å². The van der Waals surface area contributed by atoms with Crippen molar-refractivity contribution in [2.75, 3.05) is 13.2 Å². The molecule has 0 unspecified atom stereocenters. The van der Waals surface area contributed by atoms with Crippen molar-refractivity contribution in [3.8, 4) is 5.75 Å². The summed E-state index contributed by atoms with van der Waals surface area (Å²) in [4.78, 5) is 23.9. The third-order valence-electron chi connectivity index (χ3n) is 3.24. The molecule has 0 aromatic carbocycles. The van der Waals surface area contributed by atoms with Crippen molar-refractivity contribution in [3.63, 3.8) is 0 Å². The van der Waals surface area contributed by atoms with E-state index in [4.69, 9.17) is 14.9 Å². The maximum atomic E-state index is 12.2. The first kappa shape index (κ1) is 16.8. The summed E-state index contributed by atoms with van der Waals surface area (Å²) in [6.45, 7) is 1.24. The van der Waals surface area contributed by atoms with Crippen LogP contribution < -0.4 is 21.3 Å². The minimum absolute atomic E-state index is 0.161. The highest BCUT2D eigenvalue weighted by molar-refractivity contribution is 5.77. The zero-order valence-corrected chi connectivity index (χ0v) is 12.9. The first-order valence-electron chi connectivity index (χ1n) is 7.52. The number of rotatable bonds is 9. The zero-order valence-electron chi connectivity index (χ0n) is 12.9. The monoisotopic (exact) mass is 319 g/mol. The lowest BCUT2D eigenvalue weighted by Crippen LogP contribution is -2.30. The molecule has 0 fully saturated rings. The molecule has 0 saturated carbocycles. The van der Waals surface area contributed by atoms with Crippen molar-refractivity contribution >= 4 is 5.91 Å². The second kappa shape index (κ2) is 8.79. The first-order chi connectivity index (χ1) is 11.2. The molecule has 0 radical (unpaired) electrons. The minimum Gasteiger partial charge on any atom is -0.478 e. The van der Waals surface area contributed by atoms with Gasteiger partial charge >= 0.3 is 0 Å². The molecule has 3 N–H and O–H groups in total. The number of hydrogen-bond acceptors (Lipinski definition) is 5. The van der Waals surface area contributed by atoms with E-state index in [1.807, 2.05) is 0 Å². The Bertz CT molecular complexity index is 664. The molecule has 0 saturated heterocycles. The number of aryl methyl sites for hydroxylation is 1. The van der Waals surface area contributed by atoms with Gasteiger partial charge in [0.1, 0.15) is 5.76 Å². The zero-order chi connectivity index (χ0) is 16.5. The van der Waals surface area contributed by atoms with Crippen LogP contribution in [0.15, 0.2) is 45.9 Å². The van der Waals surface area contributed by atoms with Crippen molar-refractivity contribution in [2.24, 2.45) is 5.73 Å². The molecular formula is C16H21N3O4. The minimum atomic E-state index is -0.320. The molecule has 0 aliphatic carbocycles. The number of pyridine rings is 1. The van der Waals surface area contributed by atoms with Crippen molar-refractivity contribution in [1.29, 1.82) is 0 Å². The average Bonchev–Trinajstić information content (AvgIpc) is 3.07. The van der Waals surface area contributed by atoms with Crippen molar-refractivity contribution in [3.05, 3.63) is 52.8 Å². The number of carbonyl (C=O) groups is 1. The van der Waals surface area contributed by atoms with Gasteiger partial charge in [0, 0.05) is 12.7 Å². The molecule has 0 aliphatic rings. The predicted molar refractivity (Wildman–Crippen MR) is 85.0 cm³/mol. The number of nitrogens with two attached hydrogens (primary N) is 1. The molecule has 7 nitrogen and oxygen atoms in total. The van der Waals surface area contributed by atoms with Gasteiger partial charge in [0.2, 0.25) is 0 Å². The van der Waals surface area contributed by atoms with Crippen LogP contribution in [0.2, 0.25) is 0 Å². The van der Waals surface area contributed by atoms with E-state index in [1.54, 1.807) is 35.0 Å². The Kier molecular flexibility index (Phi) is 6.43. The fourth-order valence-corrected chi connectivity index (χ4v) is 2.02. The fraction of sp³-hybridized carbons (Fsp3) is 0.375. The van der Waals surface area contributed by atoms with Gasteiger partial charge < -0.3 is 24.8 Å². The van der Waals surface area contributed by atoms with Gasteiger partial charge in [0.25, 0.3) is 11.5 Å². The number of hydrogen-bond donors (Lipinski definition) is 2. The average molecular weight is 319 g/mol. The summed E-state index contributed by atoms with van der Waals surface area (Å²) in [7, 11) is 0. The largest absolute Gasteiger partial charge is 0.478 e. The lowest BCUT2D eigenvalue weighted by Gasteiger charge is -2.09. The molecule has 7 heteroatoms. The first-order valence-corrected chi connectivity index (χ1v) is 7.52. The highest BCUT2D eigenvalue weighted by Gasteiger charge is 2.08. The van der Waals surface area contributed by atoms with E-state index in [2.05, 4.69) is 5.32 Å². The maximum absolute atomic E-state index is 12.2. The summed E-state index contributed by atoms with van der Waals surface area (Å²) >= 11 is 0. The van der Waals surface area contributed by atoms with Gasteiger partial charge in [-0.05, 0) is 43.7 Å². The molecule has 1 amide bonds. The van der Waals surface area contributed by atoms with Gasteiger partial charge in [-0.1, -0.05) is 0 Å². The van der Waals surface area contributed by atoms with Crippen LogP contribution >= 0.6 is 0 Å². The second-order valence-electron chi connectivity index (χ2n) is 5.01. The van der Waals surface area contributed by atoms with Crippen LogP contribution in [-0.4, -0.2) is 23.6 Å². The van der Waals surface area contributed by atoms with Crippen molar-refractivity contribution in [1.82, 2.24) is 9.88 Å². The summed E-state index contributed by atoms with van der Waals surface area (Å²) in [5.74, 6) is 0.494. The van der Waals surface area contributed by atoms with E-state index in [0.29, 0.717) is 18.8 Å². The molecule has 2 aromatic heterocycles. The van der Waals surface area contributed by atoms with Crippen LogP contribution in [0.1, 0.15) is 18.6 Å². The summed E-state index contributed by atoms with van der Waals surface area (Å²) < 4.78 is 12.0. The Labute approximate surface area is 134 Å². The molecule has 0 bridgehead atoms. The Hall–Kier alpha value is -2.54. The fourth-order valence-electron chi connectivity index (χ4n) is 2.02. The molecule has 2 rings (SSSR count). The van der Waals surface area contributed by atoms with Crippen LogP contribution in [0, 0.1) is 0 Å². The molecule has 2 heterocycles. The SMILES string of the molecule is NCCCCn1cccc(OCC(=O)NCc2ccco2)c1=O. The summed E-state index contributed by atoms with van der Waals surface area (Å²) in [5, 5.41) is 2.65. The van der Waals surface area contributed by atoms with E-state index >= 15 is 0 Å². The number of nitrogens with one attached hydrogen (secondary N) is 1. The van der Waals surface area contributed by atoms with Crippen LogP contribution in [0.5, 0.6) is 5.75 Å². The molecule has 124 valence electrons. The quantitative estimate of drug-likeness (QED) is 0.668. The lowest BCUT2D eigenvalue weighted by molar-refractivity contribution is -0.123. The number of ether oxygens (including phenoxy) is 1. The summed E-state index contributed by atoms with van der Waals surface area (Å²) in [5.41, 5.74) is 5.20. The normalized spacial score (nSPS) is 10.5. The molecule has 0 atom stereocenters. The molecule has 23 heavy (non-hydrogen) atoms. The van der Waals surface area contributed by atoms with Gasteiger partial charge in [-0.2, -0.15) is 0 Å². The van der Waals surface area contributed by atoms with Crippen molar-refractivity contribution < 1.29 is 13.9 Å². The van der Waals surface area contributed by atoms with Crippen molar-refractivity contribution in [2.45, 2.75) is 25.9 Å². The number of aromatic nitrogens is 1. The number of carbonyl (C=O) groups excluding carboxylic acids is 1. The Morgan fingerprint density at radius 2 is 2.17 bits per heavy atom. The predicted octanol–water partition coefficient (Wildman–Crippen LogP) is 0.875. The number of nitrogens with zero attached hydrogens (tertiary/aromatic N) is 1. The third kappa shape index (κ3) is 5.30. The van der Waals surface area contributed by atoms with Crippen LogP contribution in [-0.2, 0) is 17.9 Å². The number of furan rings is 1. The maximum Gasteiger partial charge on any atom is 0.292 e. The molecule has 2 aromatic rings. The highest BCUT2D eigenvalue weighted by Crippen LogP contribution is 2.03. The Morgan fingerprint density at radius 3 is 2.91 bits per heavy atom. The van der Waals surface area contributed by atoms with Gasteiger partial charge in [-0.15, -0.1) is 0 Å². The van der Waals surface area contributed by atoms with Gasteiger partial charge in [0.05, 0.1) is 12.8 Å². The Morgan fingerprint density at radius 1 is 1.30 bits per heavy atom. The standard InChI is InChI=1S/C16H21N3O4/c17-7-1-2-8-19-9-3-6-14(16(19)21)23-12-15(20)18-11-13-5-4-10-22-13/h3-6,9-10H,1-2,7-8,11-12,17H2,(H,18,20). The van der Waals surface area contributed by atoms with Gasteiger partial charge in [-0.3, -0.25) is 9.59 Å². The highest BCUT2D eigenvalue weighted by atomic mass is 16.5. The van der Waals surface area contributed by atoms with E-state index in [-0.39, 0.29) is 30.4 Å². The van der Waals surface area contributed by atoms with E-state index in [9.17, 15) is 9.59 Å². The molecule has 0 aliphatic heterocycles. The Balaban J connectivity index is 1.83. The number of unbranched alkanes of at least 4 members (excludes halogenated alkanes) is 1. The van der Waals surface area contributed by atoms with Crippen LogP contribution in [0.4, 0.5) is 0 Å². The van der Waals surface area contributed by atoms with Gasteiger partial charge in [-0.25, -0.2) is 0 Å². The smallest absolute Gasteiger partial charge is 0.292 e. The lowest BCUT2D eigenvalue weighted by atomic mass is 10.3. The number of amides is 1. The second-order valence-corrected chi connectivity index (χ2v) is 5.01. The van der Waals surface area contributed by atoms with Crippen LogP contribution in [0.3, 0.4) is 0 Å². The van der Waals surface area contributed by atoms with E-state index in [1.165, 1.54) is 6.26 Å². The molecular weight excluding hydrogens is 298 g/mol. The topological polar surface area (TPSA) is 99.5 Å². The van der Waals surface area contributed by atoms with Crippen LogP contribution in [0.25, 0.3) is 0 Å². The molecule has 0 spiro atoms. The summed E-state index contributed by atoms with van der Waals surface area (Å²) in [6, 6.07) is 6.79. The van der Waals surface area contributed by atoms with E-state index in [0.717, 1.165) is 12.8 Å². The third-order valence-corrected chi connectivity index (χ3v) is 3.24.